The highest BCUT2D eigenvalue weighted by molar-refractivity contribution is 7.08. The minimum atomic E-state index is -0.242. The van der Waals surface area contributed by atoms with Crippen LogP contribution in [-0.4, -0.2) is 5.11 Å². The Morgan fingerprint density at radius 1 is 1.75 bits per heavy atom. The third-order valence-electron chi connectivity index (χ3n) is 0.804. The molecule has 1 nitrogen and oxygen atoms in total. The van der Waals surface area contributed by atoms with Gasteiger partial charge in [-0.05, 0) is 17.0 Å². The average molecular weight is 132 g/mol. The van der Waals surface area contributed by atoms with Crippen LogP contribution in [0.15, 0.2) is 11.4 Å². The summed E-state index contributed by atoms with van der Waals surface area (Å²) in [7, 11) is 0. The van der Waals surface area contributed by atoms with Gasteiger partial charge >= 0.3 is 0 Å². The minimum absolute atomic E-state index is 0.0690. The van der Waals surface area contributed by atoms with Crippen LogP contribution in [0.1, 0.15) is 5.56 Å². The van der Waals surface area contributed by atoms with Crippen LogP contribution in [-0.2, 0) is 6.61 Å². The molecule has 3 heteroatoms. The summed E-state index contributed by atoms with van der Waals surface area (Å²) in [5, 5.41) is 9.74. The van der Waals surface area contributed by atoms with Crippen molar-refractivity contribution in [3.05, 3.63) is 22.1 Å². The number of hydrogen-bond donors (Lipinski definition) is 1. The van der Waals surface area contributed by atoms with Crippen LogP contribution >= 0.6 is 11.3 Å². The molecule has 0 fully saturated rings. The predicted octanol–water partition coefficient (Wildman–Crippen LogP) is 1.38. The number of rotatable bonds is 1. The maximum Gasteiger partial charge on any atom is 0.176 e. The lowest BCUT2D eigenvalue weighted by atomic mass is 10.4. The van der Waals surface area contributed by atoms with Gasteiger partial charge in [-0.15, -0.1) is 11.3 Å². The van der Waals surface area contributed by atoms with Gasteiger partial charge in [0.25, 0.3) is 0 Å². The summed E-state index contributed by atoms with van der Waals surface area (Å²) in [6.45, 7) is -0.0690. The Morgan fingerprint density at radius 3 is 2.75 bits per heavy atom. The molecule has 0 unspecified atom stereocenters. The first-order chi connectivity index (χ1) is 3.83. The highest BCUT2D eigenvalue weighted by Gasteiger charge is 1.93. The quantitative estimate of drug-likeness (QED) is 0.612. The maximum atomic E-state index is 12.0. The van der Waals surface area contributed by atoms with Gasteiger partial charge in [-0.25, -0.2) is 0 Å². The molecule has 1 aromatic rings. The van der Waals surface area contributed by atoms with Crippen LogP contribution in [0.5, 0.6) is 0 Å². The van der Waals surface area contributed by atoms with Gasteiger partial charge in [-0.3, -0.25) is 0 Å². The maximum absolute atomic E-state index is 12.0. The molecule has 1 heterocycles. The topological polar surface area (TPSA) is 20.2 Å². The van der Waals surface area contributed by atoms with Crippen LogP contribution in [0.4, 0.5) is 4.39 Å². The van der Waals surface area contributed by atoms with Crippen LogP contribution < -0.4 is 0 Å². The van der Waals surface area contributed by atoms with Crippen molar-refractivity contribution in [3.8, 4) is 0 Å². The minimum Gasteiger partial charge on any atom is -0.392 e. The molecule has 0 aliphatic heterocycles. The van der Waals surface area contributed by atoms with E-state index in [2.05, 4.69) is 0 Å². The number of aliphatic hydroxyl groups is 1. The summed E-state index contributed by atoms with van der Waals surface area (Å²) < 4.78 is 12.0. The Kier molecular flexibility index (Phi) is 1.60. The Bertz CT molecular complexity index is 173. The van der Waals surface area contributed by atoms with Gasteiger partial charge in [0.1, 0.15) is 0 Å². The molecule has 1 N–H and O–H groups in total. The molecule has 0 saturated heterocycles. The zero-order valence-electron chi connectivity index (χ0n) is 4.10. The number of thiophene rings is 1. The van der Waals surface area contributed by atoms with E-state index in [1.54, 1.807) is 5.38 Å². The van der Waals surface area contributed by atoms with Crippen molar-refractivity contribution < 1.29 is 9.50 Å². The van der Waals surface area contributed by atoms with Gasteiger partial charge in [-0.1, -0.05) is 0 Å². The van der Waals surface area contributed by atoms with E-state index in [0.29, 0.717) is 5.56 Å². The summed E-state index contributed by atoms with van der Waals surface area (Å²) in [6.07, 6.45) is 0. The van der Waals surface area contributed by atoms with Crippen molar-refractivity contribution in [2.24, 2.45) is 0 Å². The Labute approximate surface area is 50.4 Å². The first-order valence-corrected chi connectivity index (χ1v) is 3.04. The molecule has 0 amide bonds. The second-order valence-corrected chi connectivity index (χ2v) is 2.28. The van der Waals surface area contributed by atoms with Crippen LogP contribution in [0.3, 0.4) is 0 Å². The lowest BCUT2D eigenvalue weighted by molar-refractivity contribution is 0.282. The zero-order valence-corrected chi connectivity index (χ0v) is 4.91. The van der Waals surface area contributed by atoms with Gasteiger partial charge in [0.15, 0.2) is 5.13 Å². The lowest BCUT2D eigenvalue weighted by Crippen LogP contribution is -1.73. The van der Waals surface area contributed by atoms with Crippen molar-refractivity contribution in [2.75, 3.05) is 0 Å². The third kappa shape index (κ3) is 1.05. The van der Waals surface area contributed by atoms with E-state index in [-0.39, 0.29) is 11.7 Å². The zero-order chi connectivity index (χ0) is 5.98. The van der Waals surface area contributed by atoms with Gasteiger partial charge in [0.2, 0.25) is 0 Å². The molecule has 0 bridgehead atoms. The Hall–Kier alpha value is -0.410. The van der Waals surface area contributed by atoms with E-state index >= 15 is 0 Å². The van der Waals surface area contributed by atoms with E-state index in [1.165, 1.54) is 6.07 Å². The van der Waals surface area contributed by atoms with Gasteiger partial charge < -0.3 is 5.11 Å². The molecule has 44 valence electrons. The van der Waals surface area contributed by atoms with Gasteiger partial charge in [-0.2, -0.15) is 4.39 Å². The highest BCUT2D eigenvalue weighted by atomic mass is 32.1. The molecule has 1 aromatic heterocycles. The summed E-state index contributed by atoms with van der Waals surface area (Å²) in [5.41, 5.74) is 0.646. The smallest absolute Gasteiger partial charge is 0.176 e. The number of hydrogen-bond acceptors (Lipinski definition) is 2. The molecule has 0 aliphatic carbocycles. The lowest BCUT2D eigenvalue weighted by Gasteiger charge is -1.79. The molecule has 0 atom stereocenters. The number of halogens is 1. The fourth-order valence-electron chi connectivity index (χ4n) is 0.429. The van der Waals surface area contributed by atoms with E-state index in [4.69, 9.17) is 5.11 Å². The second-order valence-electron chi connectivity index (χ2n) is 1.42. The molecule has 0 saturated carbocycles. The first kappa shape index (κ1) is 5.72. The second kappa shape index (κ2) is 2.24. The van der Waals surface area contributed by atoms with Crippen LogP contribution in [0, 0.1) is 5.13 Å². The molecular formula is C5H5FOS. The van der Waals surface area contributed by atoms with E-state index in [1.807, 2.05) is 0 Å². The fraction of sp³-hybridized carbons (Fsp3) is 0.200. The predicted molar refractivity (Wildman–Crippen MR) is 30.2 cm³/mol. The summed E-state index contributed by atoms with van der Waals surface area (Å²) in [5.74, 6) is 0. The molecule has 8 heavy (non-hydrogen) atoms. The average Bonchev–Trinajstić information content (AvgIpc) is 2.14. The van der Waals surface area contributed by atoms with Crippen molar-refractivity contribution in [1.82, 2.24) is 0 Å². The largest absolute Gasteiger partial charge is 0.392 e. The van der Waals surface area contributed by atoms with Crippen molar-refractivity contribution in [1.29, 1.82) is 0 Å². The monoisotopic (exact) mass is 132 g/mol. The van der Waals surface area contributed by atoms with E-state index in [9.17, 15) is 4.39 Å². The Balaban J connectivity index is 2.84. The van der Waals surface area contributed by atoms with E-state index in [0.717, 1.165) is 11.3 Å². The summed E-state index contributed by atoms with van der Waals surface area (Å²) in [4.78, 5) is 0. The highest BCUT2D eigenvalue weighted by Crippen LogP contribution is 2.11. The SMILES string of the molecule is OCc1csc(F)c1. The molecule has 0 spiro atoms. The standard InChI is InChI=1S/C5H5FOS/c6-5-1-4(2-7)3-8-5/h1,3,7H,2H2. The van der Waals surface area contributed by atoms with Crippen LogP contribution in [0.2, 0.25) is 0 Å². The van der Waals surface area contributed by atoms with Crippen molar-refractivity contribution in [3.63, 3.8) is 0 Å². The normalized spacial score (nSPS) is 9.75. The molecular weight excluding hydrogens is 127 g/mol. The Morgan fingerprint density at radius 2 is 2.50 bits per heavy atom. The third-order valence-corrected chi connectivity index (χ3v) is 1.57. The summed E-state index contributed by atoms with van der Waals surface area (Å²) in [6, 6.07) is 1.32. The number of aliphatic hydroxyl groups excluding tert-OH is 1. The van der Waals surface area contributed by atoms with Crippen LogP contribution in [0.25, 0.3) is 0 Å². The van der Waals surface area contributed by atoms with Crippen molar-refractivity contribution >= 4 is 11.3 Å². The van der Waals surface area contributed by atoms with Crippen molar-refractivity contribution in [2.45, 2.75) is 6.61 Å². The molecule has 0 aliphatic rings. The fourth-order valence-corrected chi connectivity index (χ4v) is 1.05. The van der Waals surface area contributed by atoms with E-state index < -0.39 is 0 Å². The molecule has 1 rings (SSSR count). The molecule has 0 aromatic carbocycles. The molecule has 0 radical (unpaired) electrons. The van der Waals surface area contributed by atoms with Gasteiger partial charge in [0, 0.05) is 0 Å². The summed E-state index contributed by atoms with van der Waals surface area (Å²) >= 11 is 1.00. The van der Waals surface area contributed by atoms with Gasteiger partial charge in [0.05, 0.1) is 6.61 Å². The first-order valence-electron chi connectivity index (χ1n) is 2.16.